The van der Waals surface area contributed by atoms with Crippen LogP contribution in [0.15, 0.2) is 0 Å². The van der Waals surface area contributed by atoms with Crippen molar-refractivity contribution in [2.45, 2.75) is 64.2 Å². The Balaban J connectivity index is 1.81. The van der Waals surface area contributed by atoms with E-state index in [1.165, 1.54) is 70.8 Å². The molecule has 2 heteroatoms. The van der Waals surface area contributed by atoms with Crippen LogP contribution in [-0.2, 0) is 4.74 Å². The molecular formula is C16H31NO. The van der Waals surface area contributed by atoms with E-state index in [-0.39, 0.29) is 0 Å². The van der Waals surface area contributed by atoms with Gasteiger partial charge in [-0.25, -0.2) is 0 Å². The van der Waals surface area contributed by atoms with Gasteiger partial charge in [-0.1, -0.05) is 44.9 Å². The second-order valence-corrected chi connectivity index (χ2v) is 6.58. The first-order valence-corrected chi connectivity index (χ1v) is 8.04. The van der Waals surface area contributed by atoms with Crippen LogP contribution in [0.25, 0.3) is 0 Å². The molecule has 0 aliphatic heterocycles. The fourth-order valence-corrected chi connectivity index (χ4v) is 4.11. The highest BCUT2D eigenvalue weighted by atomic mass is 16.5. The molecular weight excluding hydrogens is 222 g/mol. The molecule has 106 valence electrons. The molecule has 0 aromatic rings. The molecule has 0 radical (unpaired) electrons. The molecule has 2 saturated carbocycles. The van der Waals surface area contributed by atoms with E-state index in [0.717, 1.165) is 19.1 Å². The number of nitrogens with one attached hydrogen (secondary N) is 1. The standard InChI is InChI=1S/C16H31NO/c1-18-12-11-17-14-16(9-5-2-6-10-16)13-15-7-3-4-8-15/h15,17H,2-14H2,1H3. The lowest BCUT2D eigenvalue weighted by atomic mass is 9.68. The number of rotatable bonds is 7. The predicted octanol–water partition coefficient (Wildman–Crippen LogP) is 3.75. The van der Waals surface area contributed by atoms with Crippen LogP contribution in [0.1, 0.15) is 64.2 Å². The summed E-state index contributed by atoms with van der Waals surface area (Å²) in [7, 11) is 1.79. The molecule has 2 fully saturated rings. The van der Waals surface area contributed by atoms with Crippen LogP contribution < -0.4 is 5.32 Å². The van der Waals surface area contributed by atoms with Crippen molar-refractivity contribution in [1.82, 2.24) is 5.32 Å². The molecule has 2 aliphatic rings. The summed E-state index contributed by atoms with van der Waals surface area (Å²) in [6.45, 7) is 3.09. The minimum absolute atomic E-state index is 0.626. The highest BCUT2D eigenvalue weighted by molar-refractivity contribution is 4.88. The van der Waals surface area contributed by atoms with Crippen LogP contribution in [0.2, 0.25) is 0 Å². The Morgan fingerprint density at radius 2 is 1.78 bits per heavy atom. The van der Waals surface area contributed by atoms with Gasteiger partial charge in [0.05, 0.1) is 6.61 Å². The minimum atomic E-state index is 0.626. The summed E-state index contributed by atoms with van der Waals surface area (Å²) in [6, 6.07) is 0. The lowest BCUT2D eigenvalue weighted by molar-refractivity contribution is 0.131. The zero-order valence-electron chi connectivity index (χ0n) is 12.2. The highest BCUT2D eigenvalue weighted by Crippen LogP contribution is 2.44. The van der Waals surface area contributed by atoms with Crippen LogP contribution >= 0.6 is 0 Å². The SMILES string of the molecule is COCCNCC1(CC2CCCC2)CCCCC1. The first kappa shape index (κ1) is 14.3. The van der Waals surface area contributed by atoms with E-state index in [9.17, 15) is 0 Å². The zero-order valence-corrected chi connectivity index (χ0v) is 12.2. The van der Waals surface area contributed by atoms with E-state index in [1.54, 1.807) is 7.11 Å². The number of ether oxygens (including phenoxy) is 1. The number of methoxy groups -OCH3 is 1. The Labute approximate surface area is 113 Å². The monoisotopic (exact) mass is 253 g/mol. The zero-order chi connectivity index (χ0) is 12.7. The van der Waals surface area contributed by atoms with E-state index >= 15 is 0 Å². The average Bonchev–Trinajstić information content (AvgIpc) is 2.89. The van der Waals surface area contributed by atoms with Gasteiger partial charge in [-0.15, -0.1) is 0 Å². The molecule has 2 aliphatic carbocycles. The third-order valence-corrected chi connectivity index (χ3v) is 5.09. The molecule has 0 amide bonds. The van der Waals surface area contributed by atoms with Gasteiger partial charge in [0.2, 0.25) is 0 Å². The summed E-state index contributed by atoms with van der Waals surface area (Å²) in [4.78, 5) is 0. The summed E-state index contributed by atoms with van der Waals surface area (Å²) >= 11 is 0. The van der Waals surface area contributed by atoms with Gasteiger partial charge < -0.3 is 10.1 Å². The number of hydrogen-bond donors (Lipinski definition) is 1. The van der Waals surface area contributed by atoms with Gasteiger partial charge in [0, 0.05) is 20.2 Å². The van der Waals surface area contributed by atoms with Crippen molar-refractivity contribution < 1.29 is 4.74 Å². The molecule has 2 rings (SSSR count). The lowest BCUT2D eigenvalue weighted by Crippen LogP contribution is -2.38. The molecule has 0 heterocycles. The van der Waals surface area contributed by atoms with Gasteiger partial charge in [-0.3, -0.25) is 0 Å². The van der Waals surface area contributed by atoms with Gasteiger partial charge in [0.25, 0.3) is 0 Å². The van der Waals surface area contributed by atoms with E-state index in [1.807, 2.05) is 0 Å². The Morgan fingerprint density at radius 3 is 2.44 bits per heavy atom. The third-order valence-electron chi connectivity index (χ3n) is 5.09. The molecule has 1 N–H and O–H groups in total. The Hall–Kier alpha value is -0.0800. The summed E-state index contributed by atoms with van der Waals surface area (Å²) in [6.07, 6.45) is 14.8. The van der Waals surface area contributed by atoms with Crippen LogP contribution in [0.4, 0.5) is 0 Å². The topological polar surface area (TPSA) is 21.3 Å². The summed E-state index contributed by atoms with van der Waals surface area (Å²) < 4.78 is 5.14. The van der Waals surface area contributed by atoms with Crippen molar-refractivity contribution in [2.75, 3.05) is 26.8 Å². The maximum Gasteiger partial charge on any atom is 0.0587 e. The summed E-state index contributed by atoms with van der Waals surface area (Å²) in [5, 5.41) is 3.65. The smallest absolute Gasteiger partial charge is 0.0587 e. The maximum atomic E-state index is 5.14. The van der Waals surface area contributed by atoms with E-state index in [0.29, 0.717) is 5.41 Å². The van der Waals surface area contributed by atoms with Crippen LogP contribution in [-0.4, -0.2) is 26.8 Å². The largest absolute Gasteiger partial charge is 0.383 e. The second-order valence-electron chi connectivity index (χ2n) is 6.58. The van der Waals surface area contributed by atoms with Gasteiger partial charge in [0.1, 0.15) is 0 Å². The Morgan fingerprint density at radius 1 is 1.06 bits per heavy atom. The molecule has 0 aromatic heterocycles. The molecule has 18 heavy (non-hydrogen) atoms. The van der Waals surface area contributed by atoms with Crippen molar-refractivity contribution >= 4 is 0 Å². The fourth-order valence-electron chi connectivity index (χ4n) is 4.11. The average molecular weight is 253 g/mol. The highest BCUT2D eigenvalue weighted by Gasteiger charge is 2.34. The van der Waals surface area contributed by atoms with Crippen LogP contribution in [0.3, 0.4) is 0 Å². The van der Waals surface area contributed by atoms with Gasteiger partial charge >= 0.3 is 0 Å². The molecule has 0 spiro atoms. The Bertz CT molecular complexity index is 217. The van der Waals surface area contributed by atoms with Crippen molar-refractivity contribution in [1.29, 1.82) is 0 Å². The van der Waals surface area contributed by atoms with Gasteiger partial charge in [-0.05, 0) is 30.6 Å². The first-order valence-electron chi connectivity index (χ1n) is 8.04. The predicted molar refractivity (Wildman–Crippen MR) is 76.8 cm³/mol. The second kappa shape index (κ2) is 7.49. The van der Waals surface area contributed by atoms with Crippen LogP contribution in [0, 0.1) is 11.3 Å². The summed E-state index contributed by atoms with van der Waals surface area (Å²) in [5.41, 5.74) is 0.626. The van der Waals surface area contributed by atoms with Crippen LogP contribution in [0.5, 0.6) is 0 Å². The third kappa shape index (κ3) is 4.24. The molecule has 0 unspecified atom stereocenters. The van der Waals surface area contributed by atoms with Gasteiger partial charge in [-0.2, -0.15) is 0 Å². The normalized spacial score (nSPS) is 24.5. The van der Waals surface area contributed by atoms with Crippen molar-refractivity contribution in [3.63, 3.8) is 0 Å². The van der Waals surface area contributed by atoms with E-state index in [2.05, 4.69) is 5.32 Å². The number of hydrogen-bond acceptors (Lipinski definition) is 2. The quantitative estimate of drug-likeness (QED) is 0.698. The van der Waals surface area contributed by atoms with Crippen molar-refractivity contribution in [3.05, 3.63) is 0 Å². The molecule has 2 nitrogen and oxygen atoms in total. The maximum absolute atomic E-state index is 5.14. The molecule has 0 atom stereocenters. The van der Waals surface area contributed by atoms with Crippen molar-refractivity contribution in [3.8, 4) is 0 Å². The van der Waals surface area contributed by atoms with E-state index < -0.39 is 0 Å². The van der Waals surface area contributed by atoms with Gasteiger partial charge in [0.15, 0.2) is 0 Å². The lowest BCUT2D eigenvalue weighted by Gasteiger charge is -2.39. The fraction of sp³-hybridized carbons (Fsp3) is 1.00. The molecule has 0 aromatic carbocycles. The molecule has 0 saturated heterocycles. The Kier molecular flexibility index (Phi) is 5.97. The summed E-state index contributed by atoms with van der Waals surface area (Å²) in [5.74, 6) is 1.03. The first-order chi connectivity index (χ1) is 8.85. The van der Waals surface area contributed by atoms with E-state index in [4.69, 9.17) is 4.74 Å². The minimum Gasteiger partial charge on any atom is -0.383 e. The molecule has 0 bridgehead atoms. The van der Waals surface area contributed by atoms with Crippen molar-refractivity contribution in [2.24, 2.45) is 11.3 Å².